The second-order valence-electron chi connectivity index (χ2n) is 4.84. The molecule has 0 N–H and O–H groups in total. The third-order valence-electron chi connectivity index (χ3n) is 4.05. The van der Waals surface area contributed by atoms with Crippen LogP contribution in [-0.4, -0.2) is 17.9 Å². The third-order valence-corrected chi connectivity index (χ3v) is 4.05. The van der Waals surface area contributed by atoms with E-state index in [0.717, 1.165) is 25.7 Å². The van der Waals surface area contributed by atoms with Crippen LogP contribution in [-0.2, 0) is 14.3 Å². The van der Waals surface area contributed by atoms with Crippen molar-refractivity contribution in [3.63, 3.8) is 0 Å². The van der Waals surface area contributed by atoms with E-state index in [1.807, 2.05) is 0 Å². The number of rotatable bonds is 0. The van der Waals surface area contributed by atoms with Crippen LogP contribution in [0.5, 0.6) is 0 Å². The summed E-state index contributed by atoms with van der Waals surface area (Å²) in [5.74, 6) is 0.137. The van der Waals surface area contributed by atoms with Gasteiger partial charge in [0.1, 0.15) is 6.10 Å². The Labute approximate surface area is 88.5 Å². The molecule has 0 aromatic rings. The van der Waals surface area contributed by atoms with E-state index in [0.29, 0.717) is 12.8 Å². The average Bonchev–Trinajstić information content (AvgIpc) is 2.52. The predicted molar refractivity (Wildman–Crippen MR) is 53.1 cm³/mol. The number of carbonyl (C=O) groups is 2. The van der Waals surface area contributed by atoms with Crippen LogP contribution in [0.15, 0.2) is 11.6 Å². The van der Waals surface area contributed by atoms with E-state index in [2.05, 4.69) is 0 Å². The monoisotopic (exact) mass is 206 g/mol. The molecular weight excluding hydrogens is 192 g/mol. The Kier molecular flexibility index (Phi) is 1.79. The van der Waals surface area contributed by atoms with Gasteiger partial charge >= 0.3 is 5.97 Å². The van der Waals surface area contributed by atoms with Gasteiger partial charge in [-0.05, 0) is 31.8 Å². The van der Waals surface area contributed by atoms with Crippen molar-refractivity contribution < 1.29 is 14.3 Å². The van der Waals surface area contributed by atoms with Gasteiger partial charge in [0.05, 0.1) is 6.42 Å². The largest absolute Gasteiger partial charge is 0.461 e. The molecule has 1 spiro atoms. The molecule has 0 amide bonds. The second-order valence-corrected chi connectivity index (χ2v) is 4.84. The fraction of sp³-hybridized carbons (Fsp3) is 0.667. The Bertz CT molecular complexity index is 369. The quantitative estimate of drug-likeness (QED) is 0.567. The van der Waals surface area contributed by atoms with Crippen LogP contribution in [0.2, 0.25) is 0 Å². The molecule has 1 aliphatic heterocycles. The zero-order chi connectivity index (χ0) is 10.5. The van der Waals surface area contributed by atoms with Crippen molar-refractivity contribution in [1.82, 2.24) is 0 Å². The van der Waals surface area contributed by atoms with E-state index >= 15 is 0 Å². The summed E-state index contributed by atoms with van der Waals surface area (Å²) >= 11 is 0. The highest BCUT2D eigenvalue weighted by molar-refractivity contribution is 5.92. The summed E-state index contributed by atoms with van der Waals surface area (Å²) < 4.78 is 5.37. The van der Waals surface area contributed by atoms with Gasteiger partial charge in [0.25, 0.3) is 0 Å². The molecule has 1 heterocycles. The lowest BCUT2D eigenvalue weighted by Gasteiger charge is -2.41. The molecule has 3 rings (SSSR count). The fourth-order valence-electron chi connectivity index (χ4n) is 3.31. The third kappa shape index (κ3) is 1.18. The Balaban J connectivity index is 2.05. The van der Waals surface area contributed by atoms with E-state index in [4.69, 9.17) is 4.74 Å². The highest BCUT2D eigenvalue weighted by Crippen LogP contribution is 2.53. The number of hydrogen-bond donors (Lipinski definition) is 0. The molecule has 2 aliphatic carbocycles. The van der Waals surface area contributed by atoms with Gasteiger partial charge in [-0.1, -0.05) is 5.57 Å². The maximum atomic E-state index is 11.4. The summed E-state index contributed by atoms with van der Waals surface area (Å²) in [6.07, 6.45) is 6.70. The zero-order valence-corrected chi connectivity index (χ0v) is 8.62. The molecule has 3 aliphatic rings. The molecule has 1 saturated carbocycles. The average molecular weight is 206 g/mol. The fourth-order valence-corrected chi connectivity index (χ4v) is 3.31. The number of carbonyl (C=O) groups excluding carboxylic acids is 2. The van der Waals surface area contributed by atoms with E-state index in [-0.39, 0.29) is 23.3 Å². The minimum absolute atomic E-state index is 0.0538. The molecule has 2 fully saturated rings. The SMILES string of the molecule is O=C1C=C2CCC[C@@H]3OC(=O)C[C@]23CC1. The van der Waals surface area contributed by atoms with Crippen LogP contribution < -0.4 is 0 Å². The van der Waals surface area contributed by atoms with Crippen molar-refractivity contribution in [1.29, 1.82) is 0 Å². The standard InChI is InChI=1S/C12H14O3/c13-9-4-5-12-7-11(14)15-10(12)3-1-2-8(12)6-9/h6,10H,1-5,7H2/t10-,12+/m0/s1. The molecule has 0 aromatic heterocycles. The summed E-state index contributed by atoms with van der Waals surface area (Å²) in [7, 11) is 0. The van der Waals surface area contributed by atoms with Crippen molar-refractivity contribution in [2.24, 2.45) is 5.41 Å². The molecule has 80 valence electrons. The molecule has 0 bridgehead atoms. The first-order valence-corrected chi connectivity index (χ1v) is 5.64. The van der Waals surface area contributed by atoms with Crippen LogP contribution in [0.4, 0.5) is 0 Å². The number of hydrogen-bond acceptors (Lipinski definition) is 3. The number of esters is 1. The number of ether oxygens (including phenoxy) is 1. The molecular formula is C12H14O3. The highest BCUT2D eigenvalue weighted by atomic mass is 16.6. The Morgan fingerprint density at radius 2 is 2.20 bits per heavy atom. The maximum absolute atomic E-state index is 11.4. The first-order chi connectivity index (χ1) is 7.21. The number of allylic oxidation sites excluding steroid dienone is 1. The molecule has 3 heteroatoms. The molecule has 15 heavy (non-hydrogen) atoms. The molecule has 1 saturated heterocycles. The van der Waals surface area contributed by atoms with Gasteiger partial charge in [-0.15, -0.1) is 0 Å². The Morgan fingerprint density at radius 1 is 1.33 bits per heavy atom. The first-order valence-electron chi connectivity index (χ1n) is 5.64. The molecule has 2 atom stereocenters. The van der Waals surface area contributed by atoms with Crippen LogP contribution >= 0.6 is 0 Å². The number of ketones is 1. The smallest absolute Gasteiger partial charge is 0.307 e. The van der Waals surface area contributed by atoms with E-state index in [9.17, 15) is 9.59 Å². The zero-order valence-electron chi connectivity index (χ0n) is 8.62. The van der Waals surface area contributed by atoms with Gasteiger partial charge in [-0.3, -0.25) is 9.59 Å². The van der Waals surface area contributed by atoms with Gasteiger partial charge in [0.2, 0.25) is 0 Å². The minimum Gasteiger partial charge on any atom is -0.461 e. The highest BCUT2D eigenvalue weighted by Gasteiger charge is 2.53. The van der Waals surface area contributed by atoms with Crippen molar-refractivity contribution in [2.75, 3.05) is 0 Å². The van der Waals surface area contributed by atoms with E-state index in [1.54, 1.807) is 6.08 Å². The molecule has 0 unspecified atom stereocenters. The lowest BCUT2D eigenvalue weighted by molar-refractivity contribution is -0.142. The van der Waals surface area contributed by atoms with Gasteiger partial charge in [0, 0.05) is 11.8 Å². The van der Waals surface area contributed by atoms with Crippen LogP contribution in [0, 0.1) is 5.41 Å². The van der Waals surface area contributed by atoms with Gasteiger partial charge in [0.15, 0.2) is 5.78 Å². The lowest BCUT2D eigenvalue weighted by Crippen LogP contribution is -2.39. The van der Waals surface area contributed by atoms with Gasteiger partial charge < -0.3 is 4.74 Å². The van der Waals surface area contributed by atoms with Crippen molar-refractivity contribution in [2.45, 2.75) is 44.6 Å². The predicted octanol–water partition coefficient (Wildman–Crippen LogP) is 1.76. The van der Waals surface area contributed by atoms with E-state index in [1.165, 1.54) is 5.57 Å². The molecule has 0 radical (unpaired) electrons. The normalized spacial score (nSPS) is 39.2. The lowest BCUT2D eigenvalue weighted by atomic mass is 9.62. The van der Waals surface area contributed by atoms with E-state index < -0.39 is 0 Å². The summed E-state index contributed by atoms with van der Waals surface area (Å²) in [6.45, 7) is 0. The summed E-state index contributed by atoms with van der Waals surface area (Å²) in [4.78, 5) is 22.8. The van der Waals surface area contributed by atoms with Crippen LogP contribution in [0.3, 0.4) is 0 Å². The van der Waals surface area contributed by atoms with Gasteiger partial charge in [-0.25, -0.2) is 0 Å². The van der Waals surface area contributed by atoms with Crippen LogP contribution in [0.1, 0.15) is 38.5 Å². The van der Waals surface area contributed by atoms with Gasteiger partial charge in [-0.2, -0.15) is 0 Å². The second kappa shape index (κ2) is 2.94. The summed E-state index contributed by atoms with van der Waals surface area (Å²) in [5, 5.41) is 0. The van der Waals surface area contributed by atoms with Crippen LogP contribution in [0.25, 0.3) is 0 Å². The Hall–Kier alpha value is -1.12. The summed E-state index contributed by atoms with van der Waals surface area (Å²) in [5.41, 5.74) is 1.09. The first kappa shape index (κ1) is 9.13. The van der Waals surface area contributed by atoms with Crippen molar-refractivity contribution in [3.8, 4) is 0 Å². The van der Waals surface area contributed by atoms with Crippen molar-refractivity contribution in [3.05, 3.63) is 11.6 Å². The Morgan fingerprint density at radius 3 is 3.07 bits per heavy atom. The topological polar surface area (TPSA) is 43.4 Å². The van der Waals surface area contributed by atoms with Crippen molar-refractivity contribution >= 4 is 11.8 Å². The minimum atomic E-state index is -0.0940. The molecule has 3 nitrogen and oxygen atoms in total. The molecule has 0 aromatic carbocycles. The summed E-state index contributed by atoms with van der Waals surface area (Å²) in [6, 6.07) is 0. The maximum Gasteiger partial charge on any atom is 0.307 e.